The Hall–Kier alpha value is -0.620. The van der Waals surface area contributed by atoms with Crippen LogP contribution in [0.25, 0.3) is 0 Å². The number of likely N-dealkylation sites (tertiary alicyclic amines) is 1. The molecule has 1 heterocycles. The van der Waals surface area contributed by atoms with Crippen molar-refractivity contribution < 1.29 is 14.7 Å². The summed E-state index contributed by atoms with van der Waals surface area (Å²) in [4.78, 5) is 25.2. The van der Waals surface area contributed by atoms with E-state index in [0.717, 1.165) is 12.8 Å². The highest BCUT2D eigenvalue weighted by molar-refractivity contribution is 9.10. The van der Waals surface area contributed by atoms with Gasteiger partial charge in [0.1, 0.15) is 0 Å². The molecule has 1 unspecified atom stereocenters. The molecule has 0 bridgehead atoms. The van der Waals surface area contributed by atoms with E-state index in [2.05, 4.69) is 21.2 Å². The molecule has 104 valence electrons. The highest BCUT2D eigenvalue weighted by Crippen LogP contribution is 2.19. The molecule has 5 nitrogen and oxygen atoms in total. The maximum atomic E-state index is 11.8. The van der Waals surface area contributed by atoms with Crippen molar-refractivity contribution >= 4 is 27.7 Å². The number of halogens is 1. The average molecular weight is 321 g/mol. The summed E-state index contributed by atoms with van der Waals surface area (Å²) in [5.41, 5.74) is 0. The number of nitrogens with one attached hydrogen (secondary N) is 1. The molecular weight excluding hydrogens is 300 g/mol. The zero-order valence-corrected chi connectivity index (χ0v) is 12.3. The Morgan fingerprint density at radius 3 is 2.56 bits per heavy atom. The lowest BCUT2D eigenvalue weighted by molar-refractivity contribution is -0.134. The molecule has 2 amide bonds. The van der Waals surface area contributed by atoms with E-state index in [1.165, 1.54) is 0 Å². The molecule has 1 saturated heterocycles. The van der Waals surface area contributed by atoms with Gasteiger partial charge in [-0.2, -0.15) is 0 Å². The van der Waals surface area contributed by atoms with Crippen LogP contribution in [0.3, 0.4) is 0 Å². The Balaban J connectivity index is 2.30. The first-order valence-electron chi connectivity index (χ1n) is 6.37. The minimum absolute atomic E-state index is 0.00151. The molecule has 0 aromatic carbocycles. The van der Waals surface area contributed by atoms with Crippen molar-refractivity contribution in [2.75, 3.05) is 26.2 Å². The number of piperidine rings is 1. The Morgan fingerprint density at radius 2 is 2.06 bits per heavy atom. The lowest BCUT2D eigenvalue weighted by atomic mass is 9.95. The van der Waals surface area contributed by atoms with Crippen LogP contribution in [0.5, 0.6) is 0 Å². The van der Waals surface area contributed by atoms with Gasteiger partial charge in [0.25, 0.3) is 0 Å². The molecule has 0 aromatic heterocycles. The van der Waals surface area contributed by atoms with Crippen molar-refractivity contribution in [2.45, 2.75) is 31.0 Å². The first-order chi connectivity index (χ1) is 8.56. The summed E-state index contributed by atoms with van der Waals surface area (Å²) >= 11 is 3.27. The van der Waals surface area contributed by atoms with E-state index in [4.69, 9.17) is 5.11 Å². The standard InChI is InChI=1S/C12H21BrN2O3/c1-9(13)12(18)15-6-3-10(4-7-15)11(17)14-5-2-8-16/h9-10,16H,2-8H2,1H3,(H,14,17). The van der Waals surface area contributed by atoms with Crippen LogP contribution in [0.2, 0.25) is 0 Å². The Bertz CT molecular complexity index is 289. The number of alkyl halides is 1. The van der Waals surface area contributed by atoms with E-state index in [9.17, 15) is 9.59 Å². The van der Waals surface area contributed by atoms with Crippen molar-refractivity contribution in [1.82, 2.24) is 10.2 Å². The van der Waals surface area contributed by atoms with Gasteiger partial charge in [0.2, 0.25) is 11.8 Å². The molecule has 1 aliphatic rings. The van der Waals surface area contributed by atoms with E-state index in [1.807, 2.05) is 6.92 Å². The van der Waals surface area contributed by atoms with Gasteiger partial charge in [-0.15, -0.1) is 0 Å². The highest BCUT2D eigenvalue weighted by Gasteiger charge is 2.28. The van der Waals surface area contributed by atoms with E-state index in [0.29, 0.717) is 26.1 Å². The molecule has 0 radical (unpaired) electrons. The maximum absolute atomic E-state index is 11.8. The first-order valence-corrected chi connectivity index (χ1v) is 7.29. The van der Waals surface area contributed by atoms with Crippen molar-refractivity contribution in [3.63, 3.8) is 0 Å². The quantitative estimate of drug-likeness (QED) is 0.572. The number of hydrogen-bond acceptors (Lipinski definition) is 3. The van der Waals surface area contributed by atoms with E-state index >= 15 is 0 Å². The fourth-order valence-electron chi connectivity index (χ4n) is 2.05. The Morgan fingerprint density at radius 1 is 1.44 bits per heavy atom. The number of amides is 2. The summed E-state index contributed by atoms with van der Waals surface area (Å²) in [6, 6.07) is 0. The van der Waals surface area contributed by atoms with Crippen molar-refractivity contribution in [1.29, 1.82) is 0 Å². The predicted octanol–water partition coefficient (Wildman–Crippen LogP) is 0.507. The third-order valence-electron chi connectivity index (χ3n) is 3.15. The summed E-state index contributed by atoms with van der Waals surface area (Å²) in [6.07, 6.45) is 2.02. The van der Waals surface area contributed by atoms with Crippen molar-refractivity contribution in [3.8, 4) is 0 Å². The molecule has 2 N–H and O–H groups in total. The van der Waals surface area contributed by atoms with Gasteiger partial charge in [0, 0.05) is 32.2 Å². The van der Waals surface area contributed by atoms with Gasteiger partial charge in [-0.3, -0.25) is 9.59 Å². The number of nitrogens with zero attached hydrogens (tertiary/aromatic N) is 1. The molecule has 1 fully saturated rings. The van der Waals surface area contributed by atoms with Gasteiger partial charge < -0.3 is 15.3 Å². The van der Waals surface area contributed by atoms with E-state index in [1.54, 1.807) is 4.90 Å². The molecule has 1 rings (SSSR count). The number of aliphatic hydroxyl groups is 1. The second-order valence-corrected chi connectivity index (χ2v) is 5.96. The average Bonchev–Trinajstić information content (AvgIpc) is 2.38. The van der Waals surface area contributed by atoms with Gasteiger partial charge in [0.05, 0.1) is 4.83 Å². The van der Waals surface area contributed by atoms with E-state index < -0.39 is 0 Å². The zero-order valence-electron chi connectivity index (χ0n) is 10.7. The highest BCUT2D eigenvalue weighted by atomic mass is 79.9. The van der Waals surface area contributed by atoms with E-state index in [-0.39, 0.29) is 29.2 Å². The third-order valence-corrected chi connectivity index (χ3v) is 3.54. The largest absolute Gasteiger partial charge is 0.396 e. The molecule has 6 heteroatoms. The number of hydrogen-bond donors (Lipinski definition) is 2. The fourth-order valence-corrected chi connectivity index (χ4v) is 2.34. The van der Waals surface area contributed by atoms with Crippen LogP contribution in [0.15, 0.2) is 0 Å². The summed E-state index contributed by atoms with van der Waals surface area (Å²) in [5.74, 6) is 0.134. The maximum Gasteiger partial charge on any atom is 0.236 e. The molecule has 0 aliphatic carbocycles. The number of carbonyl (C=O) groups is 2. The minimum Gasteiger partial charge on any atom is -0.396 e. The number of aliphatic hydroxyl groups excluding tert-OH is 1. The van der Waals surface area contributed by atoms with Crippen LogP contribution in [0.1, 0.15) is 26.2 Å². The number of rotatable bonds is 5. The van der Waals surface area contributed by atoms with Gasteiger partial charge in [0.15, 0.2) is 0 Å². The molecular formula is C12H21BrN2O3. The van der Waals surface area contributed by atoms with Crippen LogP contribution >= 0.6 is 15.9 Å². The summed E-state index contributed by atoms with van der Waals surface area (Å²) in [7, 11) is 0. The van der Waals surface area contributed by atoms with Crippen molar-refractivity contribution in [2.24, 2.45) is 5.92 Å². The molecule has 1 atom stereocenters. The first kappa shape index (κ1) is 15.4. The summed E-state index contributed by atoms with van der Waals surface area (Å²) in [6.45, 7) is 3.72. The lowest BCUT2D eigenvalue weighted by Gasteiger charge is -2.32. The van der Waals surface area contributed by atoms with Gasteiger partial charge >= 0.3 is 0 Å². The zero-order chi connectivity index (χ0) is 13.5. The fraction of sp³-hybridized carbons (Fsp3) is 0.833. The molecule has 1 aliphatic heterocycles. The second-order valence-electron chi connectivity index (χ2n) is 4.58. The SMILES string of the molecule is CC(Br)C(=O)N1CCC(C(=O)NCCCO)CC1. The van der Waals surface area contributed by atoms with Crippen LogP contribution in [-0.4, -0.2) is 52.9 Å². The minimum atomic E-state index is -0.160. The van der Waals surface area contributed by atoms with Crippen LogP contribution < -0.4 is 5.32 Å². The molecule has 0 spiro atoms. The second kappa shape index (κ2) is 7.74. The summed E-state index contributed by atoms with van der Waals surface area (Å²) < 4.78 is 0. The Kier molecular flexibility index (Phi) is 6.63. The van der Waals surface area contributed by atoms with Gasteiger partial charge in [-0.25, -0.2) is 0 Å². The smallest absolute Gasteiger partial charge is 0.236 e. The van der Waals surface area contributed by atoms with Gasteiger partial charge in [-0.05, 0) is 26.2 Å². The topological polar surface area (TPSA) is 69.6 Å². The van der Waals surface area contributed by atoms with Crippen LogP contribution in [0.4, 0.5) is 0 Å². The molecule has 18 heavy (non-hydrogen) atoms. The number of carbonyl (C=O) groups excluding carboxylic acids is 2. The third kappa shape index (κ3) is 4.57. The van der Waals surface area contributed by atoms with Gasteiger partial charge in [-0.1, -0.05) is 15.9 Å². The lowest BCUT2D eigenvalue weighted by Crippen LogP contribution is -2.45. The van der Waals surface area contributed by atoms with Crippen LogP contribution in [-0.2, 0) is 9.59 Å². The molecule has 0 aromatic rings. The van der Waals surface area contributed by atoms with Crippen LogP contribution in [0, 0.1) is 5.92 Å². The monoisotopic (exact) mass is 320 g/mol. The van der Waals surface area contributed by atoms with Crippen molar-refractivity contribution in [3.05, 3.63) is 0 Å². The normalized spacial score (nSPS) is 18.5. The molecule has 0 saturated carbocycles. The predicted molar refractivity (Wildman–Crippen MR) is 72.4 cm³/mol. The Labute approximate surface area is 116 Å². The summed E-state index contributed by atoms with van der Waals surface area (Å²) in [5, 5.41) is 11.4.